The number of halogens is 1. The molecule has 0 N–H and O–H groups in total. The Morgan fingerprint density at radius 1 is 1.36 bits per heavy atom. The van der Waals surface area contributed by atoms with Gasteiger partial charge in [-0.3, -0.25) is 14.5 Å². The summed E-state index contributed by atoms with van der Waals surface area (Å²) in [4.78, 5) is 23.4. The largest absolute Gasteiger partial charge is 0.286 e. The summed E-state index contributed by atoms with van der Waals surface area (Å²) >= 11 is 2.16. The molecule has 0 unspecified atom stereocenters. The fourth-order valence-corrected chi connectivity index (χ4v) is 1.72. The van der Waals surface area contributed by atoms with Crippen molar-refractivity contribution in [3.8, 4) is 0 Å². The molecular weight excluding hydrogens is 257 g/mol. The van der Waals surface area contributed by atoms with Crippen LogP contribution in [-0.2, 0) is 9.59 Å². The zero-order valence-electron chi connectivity index (χ0n) is 6.56. The minimum absolute atomic E-state index is 0.0712. The maximum atomic E-state index is 11.1. The van der Waals surface area contributed by atoms with E-state index in [1.807, 2.05) is 6.92 Å². The van der Waals surface area contributed by atoms with Crippen molar-refractivity contribution in [3.05, 3.63) is 0 Å². The molecule has 0 atom stereocenters. The van der Waals surface area contributed by atoms with Gasteiger partial charge in [0.1, 0.15) is 0 Å². The van der Waals surface area contributed by atoms with Crippen molar-refractivity contribution in [2.75, 3.05) is 7.05 Å². The molecule has 1 aliphatic rings. The van der Waals surface area contributed by atoms with E-state index in [2.05, 4.69) is 22.6 Å². The Kier molecular flexibility index (Phi) is 2.22. The van der Waals surface area contributed by atoms with Gasteiger partial charge in [0, 0.05) is 23.3 Å². The lowest BCUT2D eigenvalue weighted by molar-refractivity contribution is -0.146. The monoisotopic (exact) mass is 267 g/mol. The molecule has 2 amide bonds. The Hall–Kier alpha value is -0.130. The Morgan fingerprint density at radius 3 is 2.09 bits per heavy atom. The third-order valence-corrected chi connectivity index (χ3v) is 2.55. The van der Waals surface area contributed by atoms with Crippen molar-refractivity contribution in [3.63, 3.8) is 0 Å². The van der Waals surface area contributed by atoms with E-state index >= 15 is 0 Å². The fraction of sp³-hybridized carbons (Fsp3) is 0.714. The molecule has 0 aromatic rings. The second kappa shape index (κ2) is 2.73. The lowest BCUT2D eigenvalue weighted by Gasteiger charge is -2.30. The van der Waals surface area contributed by atoms with Gasteiger partial charge in [0.25, 0.3) is 0 Å². The summed E-state index contributed by atoms with van der Waals surface area (Å²) in [5, 5.41) is 0. The Labute approximate surface area is 79.3 Å². The van der Waals surface area contributed by atoms with Crippen LogP contribution in [0.2, 0.25) is 0 Å². The SMILES string of the molecule is CN1C(=O)CC(C)(I)CC1=O. The summed E-state index contributed by atoms with van der Waals surface area (Å²) in [5.41, 5.74) is 0. The normalized spacial score (nSPS) is 24.1. The molecule has 1 aliphatic heterocycles. The first kappa shape index (κ1) is 8.96. The highest BCUT2D eigenvalue weighted by atomic mass is 127. The highest BCUT2D eigenvalue weighted by Crippen LogP contribution is 2.31. The van der Waals surface area contributed by atoms with Gasteiger partial charge >= 0.3 is 0 Å². The minimum atomic E-state index is -0.168. The highest BCUT2D eigenvalue weighted by Gasteiger charge is 2.36. The minimum Gasteiger partial charge on any atom is -0.286 e. The van der Waals surface area contributed by atoms with Crippen molar-refractivity contribution in [1.82, 2.24) is 4.90 Å². The molecule has 0 aliphatic carbocycles. The molecule has 1 heterocycles. The first-order valence-electron chi connectivity index (χ1n) is 3.41. The number of carbonyl (C=O) groups is 2. The number of carbonyl (C=O) groups excluding carboxylic acids is 2. The molecule has 0 aromatic heterocycles. The summed E-state index contributed by atoms with van der Waals surface area (Å²) in [6.07, 6.45) is 0.936. The third kappa shape index (κ3) is 1.91. The molecule has 11 heavy (non-hydrogen) atoms. The molecule has 0 bridgehead atoms. The van der Waals surface area contributed by atoms with Crippen LogP contribution in [0.5, 0.6) is 0 Å². The molecule has 62 valence electrons. The molecule has 0 spiro atoms. The number of alkyl halides is 1. The van der Waals surface area contributed by atoms with Crippen LogP contribution in [0.3, 0.4) is 0 Å². The van der Waals surface area contributed by atoms with E-state index in [0.29, 0.717) is 12.8 Å². The number of imide groups is 1. The molecule has 0 radical (unpaired) electrons. The van der Waals surface area contributed by atoms with Crippen LogP contribution >= 0.6 is 22.6 Å². The molecule has 1 rings (SSSR count). The lowest BCUT2D eigenvalue weighted by Crippen LogP contribution is -2.45. The van der Waals surface area contributed by atoms with Crippen LogP contribution in [0.25, 0.3) is 0 Å². The van der Waals surface area contributed by atoms with Crippen LogP contribution in [-0.4, -0.2) is 27.2 Å². The van der Waals surface area contributed by atoms with Gasteiger partial charge in [-0.2, -0.15) is 0 Å². The Balaban J connectivity index is 2.78. The van der Waals surface area contributed by atoms with Gasteiger partial charge in [0.15, 0.2) is 0 Å². The van der Waals surface area contributed by atoms with E-state index in [9.17, 15) is 9.59 Å². The van der Waals surface area contributed by atoms with Crippen molar-refractivity contribution in [1.29, 1.82) is 0 Å². The second-order valence-corrected chi connectivity index (χ2v) is 5.72. The van der Waals surface area contributed by atoms with Crippen LogP contribution in [0.15, 0.2) is 0 Å². The lowest BCUT2D eigenvalue weighted by atomic mass is 9.98. The average Bonchev–Trinajstić information content (AvgIpc) is 1.81. The zero-order chi connectivity index (χ0) is 8.65. The van der Waals surface area contributed by atoms with E-state index in [1.54, 1.807) is 0 Å². The van der Waals surface area contributed by atoms with Crippen LogP contribution in [0.4, 0.5) is 0 Å². The summed E-state index contributed by atoms with van der Waals surface area (Å²) < 4.78 is -0.168. The predicted molar refractivity (Wildman–Crippen MR) is 49.4 cm³/mol. The number of nitrogens with zero attached hydrogens (tertiary/aromatic N) is 1. The van der Waals surface area contributed by atoms with Gasteiger partial charge in [-0.1, -0.05) is 22.6 Å². The number of amides is 2. The van der Waals surface area contributed by atoms with E-state index < -0.39 is 0 Å². The van der Waals surface area contributed by atoms with Gasteiger partial charge in [0.05, 0.1) is 0 Å². The quantitative estimate of drug-likeness (QED) is 0.372. The molecule has 3 nitrogen and oxygen atoms in total. The highest BCUT2D eigenvalue weighted by molar-refractivity contribution is 14.1. The van der Waals surface area contributed by atoms with Crippen molar-refractivity contribution < 1.29 is 9.59 Å². The topological polar surface area (TPSA) is 37.4 Å². The standard InChI is InChI=1S/C7H10INO2/c1-7(8)3-5(10)9(2)6(11)4-7/h3-4H2,1-2H3. The van der Waals surface area contributed by atoms with E-state index in [1.165, 1.54) is 11.9 Å². The summed E-state index contributed by atoms with van der Waals surface area (Å²) in [5.74, 6) is -0.142. The van der Waals surface area contributed by atoms with E-state index in [-0.39, 0.29) is 15.2 Å². The molecule has 1 saturated heterocycles. The fourth-order valence-electron chi connectivity index (χ4n) is 1.07. The summed E-state index contributed by atoms with van der Waals surface area (Å²) in [6, 6.07) is 0. The van der Waals surface area contributed by atoms with Crippen molar-refractivity contribution in [2.45, 2.75) is 23.2 Å². The van der Waals surface area contributed by atoms with E-state index in [4.69, 9.17) is 0 Å². The number of likely N-dealkylation sites (tertiary alicyclic amines) is 1. The number of hydrogen-bond donors (Lipinski definition) is 0. The maximum Gasteiger partial charge on any atom is 0.230 e. The average molecular weight is 267 g/mol. The molecule has 4 heteroatoms. The summed E-state index contributed by atoms with van der Waals surface area (Å²) in [7, 11) is 1.54. The summed E-state index contributed by atoms with van der Waals surface area (Å²) in [6.45, 7) is 1.93. The van der Waals surface area contributed by atoms with Gasteiger partial charge in [-0.25, -0.2) is 0 Å². The van der Waals surface area contributed by atoms with Crippen LogP contribution in [0, 0.1) is 0 Å². The molecular formula is C7H10INO2. The van der Waals surface area contributed by atoms with E-state index in [0.717, 1.165) is 0 Å². The first-order chi connectivity index (χ1) is 4.92. The van der Waals surface area contributed by atoms with Gasteiger partial charge in [-0.15, -0.1) is 0 Å². The number of hydrogen-bond acceptors (Lipinski definition) is 2. The predicted octanol–water partition coefficient (Wildman–Crippen LogP) is 0.959. The van der Waals surface area contributed by atoms with Crippen LogP contribution < -0.4 is 0 Å². The van der Waals surface area contributed by atoms with Gasteiger partial charge < -0.3 is 0 Å². The smallest absolute Gasteiger partial charge is 0.230 e. The van der Waals surface area contributed by atoms with Crippen molar-refractivity contribution >= 4 is 34.4 Å². The number of piperidine rings is 1. The first-order valence-corrected chi connectivity index (χ1v) is 4.48. The second-order valence-electron chi connectivity index (χ2n) is 3.11. The van der Waals surface area contributed by atoms with Crippen LogP contribution in [0.1, 0.15) is 19.8 Å². The molecule has 0 aromatic carbocycles. The van der Waals surface area contributed by atoms with Crippen molar-refractivity contribution in [2.24, 2.45) is 0 Å². The maximum absolute atomic E-state index is 11.1. The number of rotatable bonds is 0. The molecule has 1 fully saturated rings. The molecule has 0 saturated carbocycles. The van der Waals surface area contributed by atoms with Gasteiger partial charge in [-0.05, 0) is 6.92 Å². The Bertz CT molecular complexity index is 192. The zero-order valence-corrected chi connectivity index (χ0v) is 8.71. The Morgan fingerprint density at radius 2 is 1.73 bits per heavy atom. The third-order valence-electron chi connectivity index (χ3n) is 1.79. The van der Waals surface area contributed by atoms with Gasteiger partial charge in [0.2, 0.25) is 11.8 Å².